The molecule has 2 rings (SSSR count). The molecule has 7 heteroatoms. The molecule has 1 atom stereocenters. The van der Waals surface area contributed by atoms with Crippen LogP contribution in [0.1, 0.15) is 12.8 Å². The molecule has 1 aromatic rings. The Hall–Kier alpha value is -0.850. The molecule has 5 nitrogen and oxygen atoms in total. The fraction of sp³-hybridized carbons (Fsp3) is 0.545. The molecule has 0 amide bonds. The topological polar surface area (TPSA) is 62.3 Å². The van der Waals surface area contributed by atoms with Crippen LogP contribution in [0.25, 0.3) is 0 Å². The lowest BCUT2D eigenvalue weighted by atomic mass is 10.2. The summed E-state index contributed by atoms with van der Waals surface area (Å²) in [5.41, 5.74) is 0. The normalized spacial score (nSPS) is 20.3. The quantitative estimate of drug-likeness (QED) is 0.906. The Bertz CT molecular complexity index is 504. The second-order valence-electron chi connectivity index (χ2n) is 4.31. The van der Waals surface area contributed by atoms with Gasteiger partial charge in [-0.3, -0.25) is 0 Å². The molecule has 1 aliphatic heterocycles. The molecule has 0 aliphatic carbocycles. The van der Waals surface area contributed by atoms with E-state index in [4.69, 9.17) is 11.6 Å². The van der Waals surface area contributed by atoms with Crippen LogP contribution in [0.5, 0.6) is 0 Å². The SMILES string of the molecule is CNS(=O)(=O)CC1CCCN1c1ccc(Cl)cn1. The van der Waals surface area contributed by atoms with Gasteiger partial charge in [0.25, 0.3) is 0 Å². The molecule has 1 unspecified atom stereocenters. The summed E-state index contributed by atoms with van der Waals surface area (Å²) in [5, 5.41) is 0.581. The predicted molar refractivity (Wildman–Crippen MR) is 72.5 cm³/mol. The first-order valence-electron chi connectivity index (χ1n) is 5.81. The van der Waals surface area contributed by atoms with E-state index in [1.165, 1.54) is 7.05 Å². The summed E-state index contributed by atoms with van der Waals surface area (Å²) in [6.07, 6.45) is 3.43. The molecule has 1 aromatic heterocycles. The van der Waals surface area contributed by atoms with Gasteiger partial charge in [-0.2, -0.15) is 0 Å². The van der Waals surface area contributed by atoms with Crippen LogP contribution in [0.15, 0.2) is 18.3 Å². The van der Waals surface area contributed by atoms with E-state index in [0.29, 0.717) is 5.02 Å². The van der Waals surface area contributed by atoms with Crippen molar-refractivity contribution in [2.45, 2.75) is 18.9 Å². The van der Waals surface area contributed by atoms with Crippen molar-refractivity contribution in [1.29, 1.82) is 0 Å². The molecule has 0 radical (unpaired) electrons. The largest absolute Gasteiger partial charge is 0.353 e. The first-order chi connectivity index (χ1) is 8.52. The van der Waals surface area contributed by atoms with E-state index in [2.05, 4.69) is 9.71 Å². The van der Waals surface area contributed by atoms with Gasteiger partial charge in [-0.05, 0) is 32.0 Å². The van der Waals surface area contributed by atoms with Crippen molar-refractivity contribution in [3.63, 3.8) is 0 Å². The summed E-state index contributed by atoms with van der Waals surface area (Å²) in [6.45, 7) is 0.832. The Balaban J connectivity index is 2.15. The van der Waals surface area contributed by atoms with Crippen LogP contribution in [0, 0.1) is 0 Å². The van der Waals surface area contributed by atoms with E-state index >= 15 is 0 Å². The van der Waals surface area contributed by atoms with Crippen LogP contribution in [-0.4, -0.2) is 38.8 Å². The minimum atomic E-state index is -3.20. The van der Waals surface area contributed by atoms with Gasteiger partial charge >= 0.3 is 0 Å². The van der Waals surface area contributed by atoms with Crippen molar-refractivity contribution in [3.8, 4) is 0 Å². The molecule has 100 valence electrons. The third-order valence-corrected chi connectivity index (χ3v) is 4.78. The number of hydrogen-bond donors (Lipinski definition) is 1. The second kappa shape index (κ2) is 5.42. The summed E-state index contributed by atoms with van der Waals surface area (Å²) >= 11 is 5.80. The molecular weight excluding hydrogens is 274 g/mol. The number of rotatable bonds is 4. The van der Waals surface area contributed by atoms with Crippen molar-refractivity contribution in [2.75, 3.05) is 24.2 Å². The van der Waals surface area contributed by atoms with Crippen LogP contribution >= 0.6 is 11.6 Å². The van der Waals surface area contributed by atoms with Crippen molar-refractivity contribution in [3.05, 3.63) is 23.4 Å². The van der Waals surface area contributed by atoms with Gasteiger partial charge in [-0.1, -0.05) is 11.6 Å². The standard InChI is InChI=1S/C11H16ClN3O2S/c1-13-18(16,17)8-10-3-2-6-15(10)11-5-4-9(12)7-14-11/h4-5,7,10,13H,2-3,6,8H2,1H3. The Morgan fingerprint density at radius 3 is 2.94 bits per heavy atom. The Labute approximate surface area is 112 Å². The Morgan fingerprint density at radius 2 is 2.33 bits per heavy atom. The van der Waals surface area contributed by atoms with E-state index in [-0.39, 0.29) is 11.8 Å². The maximum Gasteiger partial charge on any atom is 0.213 e. The lowest BCUT2D eigenvalue weighted by Crippen LogP contribution is -2.38. The monoisotopic (exact) mass is 289 g/mol. The van der Waals surface area contributed by atoms with Gasteiger partial charge < -0.3 is 4.90 Å². The molecule has 0 aromatic carbocycles. The van der Waals surface area contributed by atoms with E-state index in [1.54, 1.807) is 12.3 Å². The van der Waals surface area contributed by atoms with Gasteiger partial charge in [0, 0.05) is 18.8 Å². The maximum absolute atomic E-state index is 11.6. The molecule has 1 N–H and O–H groups in total. The average molecular weight is 290 g/mol. The summed E-state index contributed by atoms with van der Waals surface area (Å²) in [5.74, 6) is 0.890. The van der Waals surface area contributed by atoms with Crippen LogP contribution in [0.3, 0.4) is 0 Å². The first-order valence-corrected chi connectivity index (χ1v) is 7.84. The molecule has 1 fully saturated rings. The lowest BCUT2D eigenvalue weighted by Gasteiger charge is -2.25. The number of halogens is 1. The zero-order valence-electron chi connectivity index (χ0n) is 10.1. The summed E-state index contributed by atoms with van der Waals surface area (Å²) < 4.78 is 25.6. The smallest absolute Gasteiger partial charge is 0.213 e. The number of pyridine rings is 1. The molecule has 1 saturated heterocycles. The summed E-state index contributed by atoms with van der Waals surface area (Å²) in [6, 6.07) is 3.58. The van der Waals surface area contributed by atoms with E-state index in [1.807, 2.05) is 11.0 Å². The molecule has 1 aliphatic rings. The molecular formula is C11H16ClN3O2S. The van der Waals surface area contributed by atoms with Gasteiger partial charge in [-0.15, -0.1) is 0 Å². The molecule has 0 bridgehead atoms. The average Bonchev–Trinajstić information content (AvgIpc) is 2.77. The van der Waals surface area contributed by atoms with Gasteiger partial charge in [0.15, 0.2) is 0 Å². The van der Waals surface area contributed by atoms with Crippen LogP contribution < -0.4 is 9.62 Å². The van der Waals surface area contributed by atoms with Crippen molar-refractivity contribution < 1.29 is 8.42 Å². The summed E-state index contributed by atoms with van der Waals surface area (Å²) in [4.78, 5) is 6.28. The van der Waals surface area contributed by atoms with Crippen molar-refractivity contribution >= 4 is 27.4 Å². The molecule has 2 heterocycles. The highest BCUT2D eigenvalue weighted by molar-refractivity contribution is 7.89. The minimum Gasteiger partial charge on any atom is -0.353 e. The second-order valence-corrected chi connectivity index (χ2v) is 6.72. The zero-order chi connectivity index (χ0) is 13.2. The van der Waals surface area contributed by atoms with Crippen molar-refractivity contribution in [1.82, 2.24) is 9.71 Å². The first kappa shape index (κ1) is 13.6. The fourth-order valence-corrected chi connectivity index (χ4v) is 3.32. The lowest BCUT2D eigenvalue weighted by molar-refractivity contribution is 0.577. The third kappa shape index (κ3) is 3.13. The van der Waals surface area contributed by atoms with Gasteiger partial charge in [0.05, 0.1) is 10.8 Å². The van der Waals surface area contributed by atoms with Crippen LogP contribution in [-0.2, 0) is 10.0 Å². The highest BCUT2D eigenvalue weighted by atomic mass is 35.5. The molecule has 18 heavy (non-hydrogen) atoms. The highest BCUT2D eigenvalue weighted by Crippen LogP contribution is 2.25. The summed E-state index contributed by atoms with van der Waals surface area (Å²) in [7, 11) is -1.76. The van der Waals surface area contributed by atoms with Crippen molar-refractivity contribution in [2.24, 2.45) is 0 Å². The number of nitrogens with zero attached hydrogens (tertiary/aromatic N) is 2. The number of hydrogen-bond acceptors (Lipinski definition) is 4. The number of sulfonamides is 1. The van der Waals surface area contributed by atoms with Crippen LogP contribution in [0.4, 0.5) is 5.82 Å². The number of anilines is 1. The molecule has 0 spiro atoms. The van der Waals surface area contributed by atoms with E-state index in [9.17, 15) is 8.42 Å². The molecule has 0 saturated carbocycles. The highest BCUT2D eigenvalue weighted by Gasteiger charge is 2.29. The van der Waals surface area contributed by atoms with Crippen LogP contribution in [0.2, 0.25) is 5.02 Å². The fourth-order valence-electron chi connectivity index (χ4n) is 2.19. The van der Waals surface area contributed by atoms with E-state index in [0.717, 1.165) is 25.2 Å². The zero-order valence-corrected chi connectivity index (χ0v) is 11.7. The number of aromatic nitrogens is 1. The maximum atomic E-state index is 11.6. The van der Waals surface area contributed by atoms with Gasteiger partial charge in [0.1, 0.15) is 5.82 Å². The van der Waals surface area contributed by atoms with E-state index < -0.39 is 10.0 Å². The third-order valence-electron chi connectivity index (χ3n) is 3.11. The van der Waals surface area contributed by atoms with Gasteiger partial charge in [-0.25, -0.2) is 18.1 Å². The predicted octanol–water partition coefficient (Wildman–Crippen LogP) is 1.25. The van der Waals surface area contributed by atoms with Gasteiger partial charge in [0.2, 0.25) is 10.0 Å². The minimum absolute atomic E-state index is 0.0175. The Kier molecular flexibility index (Phi) is 4.09. The number of nitrogens with one attached hydrogen (secondary N) is 1. The Morgan fingerprint density at radius 1 is 1.56 bits per heavy atom.